The van der Waals surface area contributed by atoms with E-state index in [2.05, 4.69) is 20.6 Å². The zero-order valence-electron chi connectivity index (χ0n) is 19.1. The van der Waals surface area contributed by atoms with Crippen molar-refractivity contribution >= 4 is 29.3 Å². The fourth-order valence-corrected chi connectivity index (χ4v) is 4.40. The molecule has 2 amide bonds. The molecule has 0 unspecified atom stereocenters. The summed E-state index contributed by atoms with van der Waals surface area (Å²) in [4.78, 5) is 28.6. The number of thioether (sulfide) groups is 1. The molecule has 11 heteroatoms. The predicted molar refractivity (Wildman–Crippen MR) is 127 cm³/mol. The van der Waals surface area contributed by atoms with Crippen LogP contribution in [0.4, 0.5) is 10.1 Å². The van der Waals surface area contributed by atoms with Gasteiger partial charge in [-0.05, 0) is 56.3 Å². The lowest BCUT2D eigenvalue weighted by atomic mass is 10.3. The molecule has 0 spiro atoms. The molecule has 3 aromatic rings. The normalized spacial score (nSPS) is 14.3. The smallest absolute Gasteiger partial charge is 0.238 e. The highest BCUT2D eigenvalue weighted by molar-refractivity contribution is 7.99. The first-order valence-corrected chi connectivity index (χ1v) is 11.9. The van der Waals surface area contributed by atoms with Gasteiger partial charge < -0.3 is 10.2 Å². The third-order valence-electron chi connectivity index (χ3n) is 5.42. The second kappa shape index (κ2) is 10.7. The molecule has 0 aliphatic carbocycles. The molecular weight excluding hydrogens is 457 g/mol. The number of rotatable bonds is 7. The van der Waals surface area contributed by atoms with Crippen LogP contribution in [0.15, 0.2) is 47.5 Å². The second-order valence-electron chi connectivity index (χ2n) is 8.07. The minimum absolute atomic E-state index is 0.0323. The molecule has 1 saturated heterocycles. The number of aromatic nitrogens is 4. The minimum Gasteiger partial charge on any atom is -0.339 e. The second-order valence-corrected chi connectivity index (χ2v) is 9.06. The number of nitrogens with one attached hydrogen (secondary N) is 1. The zero-order chi connectivity index (χ0) is 24.1. The topological polar surface area (TPSA) is 96.2 Å². The number of carbonyl (C=O) groups excluding carboxylic acids is 2. The lowest BCUT2D eigenvalue weighted by Gasteiger charge is -2.34. The van der Waals surface area contributed by atoms with E-state index in [1.54, 1.807) is 9.58 Å². The third-order valence-corrected chi connectivity index (χ3v) is 6.32. The largest absolute Gasteiger partial charge is 0.339 e. The van der Waals surface area contributed by atoms with Crippen molar-refractivity contribution < 1.29 is 14.0 Å². The molecular formula is C23H26FN7O2S. The van der Waals surface area contributed by atoms with Gasteiger partial charge in [0.05, 0.1) is 18.0 Å². The molecule has 0 saturated carbocycles. The Labute approximate surface area is 201 Å². The van der Waals surface area contributed by atoms with Crippen LogP contribution in [0.5, 0.6) is 0 Å². The lowest BCUT2D eigenvalue weighted by Crippen LogP contribution is -2.50. The molecule has 3 heterocycles. The number of carbonyl (C=O) groups is 2. The Morgan fingerprint density at radius 1 is 1.03 bits per heavy atom. The Morgan fingerprint density at radius 2 is 1.76 bits per heavy atom. The summed E-state index contributed by atoms with van der Waals surface area (Å²) in [6, 6.07) is 11.3. The van der Waals surface area contributed by atoms with E-state index in [4.69, 9.17) is 0 Å². The van der Waals surface area contributed by atoms with Gasteiger partial charge in [-0.3, -0.25) is 14.5 Å². The summed E-state index contributed by atoms with van der Waals surface area (Å²) in [5.74, 6) is 0.439. The van der Waals surface area contributed by atoms with Gasteiger partial charge in [0.1, 0.15) is 10.8 Å². The summed E-state index contributed by atoms with van der Waals surface area (Å²) < 4.78 is 14.7. The Balaban J connectivity index is 1.20. The Bertz CT molecular complexity index is 1140. The summed E-state index contributed by atoms with van der Waals surface area (Å²) in [6.45, 7) is 6.47. The van der Waals surface area contributed by atoms with Gasteiger partial charge >= 0.3 is 0 Å². The number of amides is 2. The van der Waals surface area contributed by atoms with Crippen molar-refractivity contribution in [2.24, 2.45) is 0 Å². The zero-order valence-corrected chi connectivity index (χ0v) is 19.9. The molecule has 2 aromatic heterocycles. The van der Waals surface area contributed by atoms with E-state index >= 15 is 0 Å². The number of benzene rings is 1. The van der Waals surface area contributed by atoms with E-state index in [1.165, 1.54) is 36.0 Å². The van der Waals surface area contributed by atoms with E-state index in [1.807, 2.05) is 36.9 Å². The summed E-state index contributed by atoms with van der Waals surface area (Å²) >= 11 is 1.35. The quantitative estimate of drug-likeness (QED) is 0.515. The Hall–Kier alpha value is -3.31. The van der Waals surface area contributed by atoms with Gasteiger partial charge in [-0.25, -0.2) is 9.07 Å². The molecule has 1 aromatic carbocycles. The SMILES string of the molecule is Cc1cc(C)n(-c2ccc(SCC(=O)N3CCN(CC(=O)Nc4ccc(F)cc4)CC3)nn2)n1. The first kappa shape index (κ1) is 23.8. The summed E-state index contributed by atoms with van der Waals surface area (Å²) in [5, 5.41) is 16.3. The van der Waals surface area contributed by atoms with Crippen LogP contribution in [0.2, 0.25) is 0 Å². The van der Waals surface area contributed by atoms with Crippen molar-refractivity contribution in [3.63, 3.8) is 0 Å². The highest BCUT2D eigenvalue weighted by Crippen LogP contribution is 2.17. The molecule has 178 valence electrons. The number of hydrogen-bond acceptors (Lipinski definition) is 7. The maximum atomic E-state index is 13.0. The fraction of sp³-hybridized carbons (Fsp3) is 0.348. The maximum absolute atomic E-state index is 13.0. The Morgan fingerprint density at radius 3 is 2.38 bits per heavy atom. The number of piperazine rings is 1. The van der Waals surface area contributed by atoms with E-state index in [0.717, 1.165) is 11.4 Å². The molecule has 9 nitrogen and oxygen atoms in total. The molecule has 34 heavy (non-hydrogen) atoms. The third kappa shape index (κ3) is 6.17. The van der Waals surface area contributed by atoms with Gasteiger partial charge in [-0.2, -0.15) is 5.10 Å². The molecule has 0 radical (unpaired) electrons. The molecule has 0 atom stereocenters. The average molecular weight is 484 g/mol. The number of aryl methyl sites for hydroxylation is 2. The summed E-state index contributed by atoms with van der Waals surface area (Å²) in [7, 11) is 0. The van der Waals surface area contributed by atoms with Crippen LogP contribution in [0, 0.1) is 19.7 Å². The summed E-state index contributed by atoms with van der Waals surface area (Å²) in [6.07, 6.45) is 0. The lowest BCUT2D eigenvalue weighted by molar-refractivity contribution is -0.130. The van der Waals surface area contributed by atoms with E-state index in [-0.39, 0.29) is 29.9 Å². The van der Waals surface area contributed by atoms with Crippen molar-refractivity contribution in [2.45, 2.75) is 18.9 Å². The highest BCUT2D eigenvalue weighted by atomic mass is 32.2. The maximum Gasteiger partial charge on any atom is 0.238 e. The highest BCUT2D eigenvalue weighted by Gasteiger charge is 2.22. The number of anilines is 1. The van der Waals surface area contributed by atoms with Crippen LogP contribution in [0.25, 0.3) is 5.82 Å². The van der Waals surface area contributed by atoms with Crippen molar-refractivity contribution in [1.82, 2.24) is 29.8 Å². The first-order chi connectivity index (χ1) is 16.4. The first-order valence-electron chi connectivity index (χ1n) is 10.9. The van der Waals surface area contributed by atoms with Gasteiger partial charge in [-0.15, -0.1) is 10.2 Å². The monoisotopic (exact) mass is 483 g/mol. The number of hydrogen-bond donors (Lipinski definition) is 1. The van der Waals surface area contributed by atoms with Crippen LogP contribution in [-0.4, -0.2) is 80.1 Å². The van der Waals surface area contributed by atoms with Crippen LogP contribution in [-0.2, 0) is 9.59 Å². The van der Waals surface area contributed by atoms with Crippen LogP contribution < -0.4 is 5.32 Å². The number of halogens is 1. The molecule has 1 aliphatic heterocycles. The summed E-state index contributed by atoms with van der Waals surface area (Å²) in [5.41, 5.74) is 2.45. The standard InChI is InChI=1S/C23H26FN7O2S/c1-16-13-17(2)31(28-16)20-7-8-22(27-26-20)34-15-23(33)30-11-9-29(10-12-30)14-21(32)25-19-5-3-18(24)4-6-19/h3-8,13H,9-12,14-15H2,1-2H3,(H,25,32). The minimum atomic E-state index is -0.347. The van der Waals surface area contributed by atoms with E-state index < -0.39 is 0 Å². The Kier molecular flexibility index (Phi) is 7.53. The fourth-order valence-electron chi connectivity index (χ4n) is 3.68. The van der Waals surface area contributed by atoms with Crippen molar-refractivity contribution in [3.05, 3.63) is 59.7 Å². The van der Waals surface area contributed by atoms with E-state index in [0.29, 0.717) is 42.7 Å². The van der Waals surface area contributed by atoms with Gasteiger partial charge in [0.25, 0.3) is 0 Å². The molecule has 1 fully saturated rings. The van der Waals surface area contributed by atoms with Crippen LogP contribution >= 0.6 is 11.8 Å². The van der Waals surface area contributed by atoms with E-state index in [9.17, 15) is 14.0 Å². The van der Waals surface area contributed by atoms with Gasteiger partial charge in [0, 0.05) is 37.6 Å². The van der Waals surface area contributed by atoms with Gasteiger partial charge in [-0.1, -0.05) is 11.8 Å². The molecule has 4 rings (SSSR count). The molecule has 0 bridgehead atoms. The van der Waals surface area contributed by atoms with Crippen LogP contribution in [0.1, 0.15) is 11.4 Å². The molecule has 1 aliphatic rings. The van der Waals surface area contributed by atoms with Crippen molar-refractivity contribution in [2.75, 3.05) is 43.8 Å². The van der Waals surface area contributed by atoms with Gasteiger partial charge in [0.2, 0.25) is 11.8 Å². The van der Waals surface area contributed by atoms with Crippen molar-refractivity contribution in [1.29, 1.82) is 0 Å². The van der Waals surface area contributed by atoms with Crippen molar-refractivity contribution in [3.8, 4) is 5.82 Å². The van der Waals surface area contributed by atoms with Gasteiger partial charge in [0.15, 0.2) is 5.82 Å². The average Bonchev–Trinajstić information content (AvgIpc) is 3.17. The number of nitrogens with zero attached hydrogens (tertiary/aromatic N) is 6. The van der Waals surface area contributed by atoms with Crippen LogP contribution in [0.3, 0.4) is 0 Å². The molecule has 1 N–H and O–H groups in total. The predicted octanol–water partition coefficient (Wildman–Crippen LogP) is 2.29.